The number of carboxylic acid groups (broad SMARTS) is 1. The predicted octanol–water partition coefficient (Wildman–Crippen LogP) is 0.555. The van der Waals surface area contributed by atoms with Gasteiger partial charge in [-0.2, -0.15) is 4.98 Å². The smallest absolute Gasteiger partial charge is 0.315 e. The van der Waals surface area contributed by atoms with Gasteiger partial charge in [0.15, 0.2) is 5.82 Å². The van der Waals surface area contributed by atoms with Crippen molar-refractivity contribution in [2.75, 3.05) is 6.54 Å². The molecular formula is C12H18N4O4. The normalized spacial score (nSPS) is 25.4. The van der Waals surface area contributed by atoms with Gasteiger partial charge in [-0.1, -0.05) is 11.6 Å². The van der Waals surface area contributed by atoms with Crippen LogP contribution in [0.25, 0.3) is 0 Å². The summed E-state index contributed by atoms with van der Waals surface area (Å²) in [6, 6.07) is -0.710. The lowest BCUT2D eigenvalue weighted by Crippen LogP contribution is -2.50. The van der Waals surface area contributed by atoms with Crippen molar-refractivity contribution < 1.29 is 19.2 Å². The Morgan fingerprint density at radius 2 is 2.40 bits per heavy atom. The minimum absolute atomic E-state index is 0.342. The van der Waals surface area contributed by atoms with Crippen molar-refractivity contribution >= 4 is 12.0 Å². The SMILES string of the molecule is CC1(C(=O)O)CCCC1NC(=O)NCCc1ncon1. The Morgan fingerprint density at radius 3 is 3.05 bits per heavy atom. The summed E-state index contributed by atoms with van der Waals surface area (Å²) < 4.78 is 4.58. The lowest BCUT2D eigenvalue weighted by Gasteiger charge is -2.27. The van der Waals surface area contributed by atoms with Crippen LogP contribution in [0.1, 0.15) is 32.0 Å². The summed E-state index contributed by atoms with van der Waals surface area (Å²) >= 11 is 0. The predicted molar refractivity (Wildman–Crippen MR) is 67.9 cm³/mol. The van der Waals surface area contributed by atoms with E-state index in [0.29, 0.717) is 31.6 Å². The van der Waals surface area contributed by atoms with Crippen LogP contribution in [-0.2, 0) is 11.2 Å². The van der Waals surface area contributed by atoms with E-state index < -0.39 is 11.4 Å². The van der Waals surface area contributed by atoms with Crippen molar-refractivity contribution in [1.82, 2.24) is 20.8 Å². The van der Waals surface area contributed by atoms with Crippen LogP contribution < -0.4 is 10.6 Å². The number of rotatable bonds is 5. The van der Waals surface area contributed by atoms with Crippen LogP contribution in [0.15, 0.2) is 10.9 Å². The number of carbonyl (C=O) groups is 2. The number of urea groups is 1. The molecule has 1 aromatic heterocycles. The molecule has 1 heterocycles. The highest BCUT2D eigenvalue weighted by atomic mass is 16.5. The van der Waals surface area contributed by atoms with Gasteiger partial charge in [0.1, 0.15) is 0 Å². The molecule has 1 fully saturated rings. The molecule has 1 saturated carbocycles. The first kappa shape index (κ1) is 14.3. The lowest BCUT2D eigenvalue weighted by molar-refractivity contribution is -0.148. The van der Waals surface area contributed by atoms with Gasteiger partial charge in [-0.25, -0.2) is 4.79 Å². The second kappa shape index (κ2) is 5.89. The molecule has 2 amide bonds. The molecule has 3 N–H and O–H groups in total. The van der Waals surface area contributed by atoms with Gasteiger partial charge in [0.2, 0.25) is 6.39 Å². The fourth-order valence-corrected chi connectivity index (χ4v) is 2.45. The summed E-state index contributed by atoms with van der Waals surface area (Å²) in [5.41, 5.74) is -0.884. The van der Waals surface area contributed by atoms with Crippen molar-refractivity contribution in [2.45, 2.75) is 38.6 Å². The second-order valence-electron chi connectivity index (χ2n) is 5.17. The molecule has 110 valence electrons. The van der Waals surface area contributed by atoms with Crippen LogP contribution in [0.4, 0.5) is 4.79 Å². The molecule has 0 aliphatic heterocycles. The highest BCUT2D eigenvalue weighted by Crippen LogP contribution is 2.38. The monoisotopic (exact) mass is 282 g/mol. The van der Waals surface area contributed by atoms with E-state index in [4.69, 9.17) is 0 Å². The quantitative estimate of drug-likeness (QED) is 0.726. The zero-order chi connectivity index (χ0) is 14.6. The Hall–Kier alpha value is -2.12. The number of amides is 2. The van der Waals surface area contributed by atoms with Gasteiger partial charge in [-0.3, -0.25) is 4.79 Å². The van der Waals surface area contributed by atoms with Crippen molar-refractivity contribution in [3.8, 4) is 0 Å². The van der Waals surface area contributed by atoms with Crippen LogP contribution in [-0.4, -0.2) is 39.8 Å². The summed E-state index contributed by atoms with van der Waals surface area (Å²) in [6.45, 7) is 2.04. The Balaban J connectivity index is 1.78. The molecule has 2 rings (SSSR count). The number of aliphatic carboxylic acids is 1. The summed E-state index contributed by atoms with van der Waals surface area (Å²) in [5, 5.41) is 18.3. The van der Waals surface area contributed by atoms with Gasteiger partial charge >= 0.3 is 12.0 Å². The number of hydrogen-bond acceptors (Lipinski definition) is 5. The summed E-state index contributed by atoms with van der Waals surface area (Å²) in [4.78, 5) is 26.9. The average Bonchev–Trinajstić information content (AvgIpc) is 3.01. The van der Waals surface area contributed by atoms with E-state index >= 15 is 0 Å². The maximum absolute atomic E-state index is 11.8. The van der Waals surface area contributed by atoms with Crippen molar-refractivity contribution in [3.63, 3.8) is 0 Å². The molecule has 8 nitrogen and oxygen atoms in total. The first-order valence-corrected chi connectivity index (χ1v) is 6.55. The lowest BCUT2D eigenvalue weighted by atomic mass is 9.85. The Labute approximate surface area is 115 Å². The zero-order valence-corrected chi connectivity index (χ0v) is 11.3. The topological polar surface area (TPSA) is 117 Å². The van der Waals surface area contributed by atoms with Crippen LogP contribution in [0, 0.1) is 5.41 Å². The zero-order valence-electron chi connectivity index (χ0n) is 11.3. The Bertz CT molecular complexity index is 476. The van der Waals surface area contributed by atoms with E-state index in [1.54, 1.807) is 6.92 Å². The van der Waals surface area contributed by atoms with E-state index in [2.05, 4.69) is 25.3 Å². The third-order valence-corrected chi connectivity index (χ3v) is 3.79. The highest BCUT2D eigenvalue weighted by Gasteiger charge is 2.45. The highest BCUT2D eigenvalue weighted by molar-refractivity contribution is 5.79. The molecule has 0 bridgehead atoms. The summed E-state index contributed by atoms with van der Waals surface area (Å²) in [6.07, 6.45) is 3.75. The minimum atomic E-state index is -0.884. The first-order chi connectivity index (χ1) is 9.52. The Kier molecular flexibility index (Phi) is 4.21. The van der Waals surface area contributed by atoms with E-state index in [-0.39, 0.29) is 12.1 Å². The average molecular weight is 282 g/mol. The van der Waals surface area contributed by atoms with Gasteiger partial charge in [-0.05, 0) is 19.8 Å². The van der Waals surface area contributed by atoms with Crippen LogP contribution in [0.3, 0.4) is 0 Å². The summed E-state index contributed by atoms with van der Waals surface area (Å²) in [7, 11) is 0. The number of aromatic nitrogens is 2. The van der Waals surface area contributed by atoms with Crippen molar-refractivity contribution in [3.05, 3.63) is 12.2 Å². The molecule has 0 aromatic carbocycles. The molecule has 8 heteroatoms. The van der Waals surface area contributed by atoms with Gasteiger partial charge in [0, 0.05) is 19.0 Å². The maximum Gasteiger partial charge on any atom is 0.315 e. The number of nitrogens with one attached hydrogen (secondary N) is 2. The second-order valence-corrected chi connectivity index (χ2v) is 5.17. The van der Waals surface area contributed by atoms with E-state index in [9.17, 15) is 14.7 Å². The molecule has 1 aromatic rings. The number of nitrogens with zero attached hydrogens (tertiary/aromatic N) is 2. The van der Waals surface area contributed by atoms with E-state index in [1.165, 1.54) is 6.39 Å². The van der Waals surface area contributed by atoms with E-state index in [0.717, 1.165) is 6.42 Å². The van der Waals surface area contributed by atoms with Gasteiger partial charge in [-0.15, -0.1) is 0 Å². The molecule has 0 saturated heterocycles. The standard InChI is InChI=1S/C12H18N4O4/c1-12(10(17)18)5-2-3-8(12)15-11(19)13-6-4-9-14-7-20-16-9/h7-8H,2-6H2,1H3,(H,17,18)(H2,13,15,19). The minimum Gasteiger partial charge on any atom is -0.481 e. The molecule has 2 unspecified atom stereocenters. The number of carbonyl (C=O) groups excluding carboxylic acids is 1. The fraction of sp³-hybridized carbons (Fsp3) is 0.667. The number of hydrogen-bond donors (Lipinski definition) is 3. The molecule has 1 aliphatic rings. The largest absolute Gasteiger partial charge is 0.481 e. The van der Waals surface area contributed by atoms with Crippen LogP contribution >= 0.6 is 0 Å². The first-order valence-electron chi connectivity index (χ1n) is 6.55. The third kappa shape index (κ3) is 3.06. The maximum atomic E-state index is 11.8. The van der Waals surface area contributed by atoms with Gasteiger partial charge < -0.3 is 20.3 Å². The Morgan fingerprint density at radius 1 is 1.60 bits per heavy atom. The van der Waals surface area contributed by atoms with Crippen LogP contribution in [0.2, 0.25) is 0 Å². The molecular weight excluding hydrogens is 264 g/mol. The molecule has 2 atom stereocenters. The molecule has 20 heavy (non-hydrogen) atoms. The molecule has 0 spiro atoms. The molecule has 1 aliphatic carbocycles. The molecule has 0 radical (unpaired) electrons. The van der Waals surface area contributed by atoms with Gasteiger partial charge in [0.25, 0.3) is 0 Å². The fourth-order valence-electron chi connectivity index (χ4n) is 2.45. The summed E-state index contributed by atoms with van der Waals surface area (Å²) in [5.74, 6) is -0.353. The van der Waals surface area contributed by atoms with Crippen LogP contribution in [0.5, 0.6) is 0 Å². The van der Waals surface area contributed by atoms with Crippen molar-refractivity contribution in [2.24, 2.45) is 5.41 Å². The van der Waals surface area contributed by atoms with Crippen molar-refractivity contribution in [1.29, 1.82) is 0 Å². The number of carboxylic acids is 1. The van der Waals surface area contributed by atoms with E-state index in [1.807, 2.05) is 0 Å². The van der Waals surface area contributed by atoms with Gasteiger partial charge in [0.05, 0.1) is 5.41 Å². The third-order valence-electron chi connectivity index (χ3n) is 3.79.